The highest BCUT2D eigenvalue weighted by Gasteiger charge is 2.50. The molecule has 2 aliphatic heterocycles. The number of piperidine rings is 1. The monoisotopic (exact) mass is 552 g/mol. The fourth-order valence-corrected chi connectivity index (χ4v) is 8.46. The molecule has 10 heteroatoms. The van der Waals surface area contributed by atoms with Crippen LogP contribution < -0.4 is 4.74 Å². The van der Waals surface area contributed by atoms with Gasteiger partial charge in [-0.2, -0.15) is 4.31 Å². The van der Waals surface area contributed by atoms with E-state index in [0.29, 0.717) is 6.54 Å². The molecule has 1 atom stereocenters. The predicted octanol–water partition coefficient (Wildman–Crippen LogP) is 4.21. The third kappa shape index (κ3) is 4.24. The molecule has 1 saturated heterocycles. The SMILES string of the molecule is COc1ccc2c3c([nH]c2c1)[C@@H](CO)N(S(=O)(=O)c1ccc(C)cc1)CC31CCN(Cc2nccs2)CC1. The predicted molar refractivity (Wildman–Crippen MR) is 148 cm³/mol. The highest BCUT2D eigenvalue weighted by molar-refractivity contribution is 7.89. The number of nitrogens with zero attached hydrogens (tertiary/aromatic N) is 3. The number of H-pyrrole nitrogens is 1. The van der Waals surface area contributed by atoms with Crippen molar-refractivity contribution in [2.75, 3.05) is 33.4 Å². The van der Waals surface area contributed by atoms with E-state index in [4.69, 9.17) is 4.74 Å². The van der Waals surface area contributed by atoms with E-state index >= 15 is 0 Å². The van der Waals surface area contributed by atoms with Gasteiger partial charge in [0.25, 0.3) is 0 Å². The van der Waals surface area contributed by atoms with E-state index in [0.717, 1.165) is 71.0 Å². The van der Waals surface area contributed by atoms with E-state index in [1.54, 1.807) is 30.6 Å². The summed E-state index contributed by atoms with van der Waals surface area (Å²) in [6.07, 6.45) is 3.45. The second-order valence-electron chi connectivity index (χ2n) is 10.4. The Morgan fingerprint density at radius 2 is 1.95 bits per heavy atom. The van der Waals surface area contributed by atoms with Gasteiger partial charge in [-0.3, -0.25) is 4.90 Å². The molecule has 8 nitrogen and oxygen atoms in total. The summed E-state index contributed by atoms with van der Waals surface area (Å²) < 4.78 is 35.1. The van der Waals surface area contributed by atoms with Gasteiger partial charge >= 0.3 is 0 Å². The molecule has 6 rings (SSSR count). The van der Waals surface area contributed by atoms with E-state index in [1.807, 2.05) is 42.8 Å². The van der Waals surface area contributed by atoms with Crippen molar-refractivity contribution >= 4 is 32.3 Å². The van der Waals surface area contributed by atoms with Crippen LogP contribution in [0.2, 0.25) is 0 Å². The van der Waals surface area contributed by atoms with Crippen LogP contribution >= 0.6 is 11.3 Å². The molecule has 2 aliphatic rings. The van der Waals surface area contributed by atoms with Crippen LogP contribution in [0, 0.1) is 6.92 Å². The lowest BCUT2D eigenvalue weighted by Gasteiger charge is -2.49. The number of aromatic nitrogens is 2. The summed E-state index contributed by atoms with van der Waals surface area (Å²) >= 11 is 1.66. The third-order valence-corrected chi connectivity index (χ3v) is 10.8. The molecule has 0 radical (unpaired) electrons. The molecule has 1 spiro atoms. The lowest BCUT2D eigenvalue weighted by molar-refractivity contribution is 0.0931. The first-order chi connectivity index (χ1) is 18.3. The van der Waals surface area contributed by atoms with Crippen molar-refractivity contribution in [1.82, 2.24) is 19.2 Å². The minimum atomic E-state index is -3.86. The molecule has 0 saturated carbocycles. The molecule has 0 bridgehead atoms. The fraction of sp³-hybridized carbons (Fsp3) is 0.393. The number of hydrogen-bond acceptors (Lipinski definition) is 7. The van der Waals surface area contributed by atoms with Gasteiger partial charge in [0.15, 0.2) is 0 Å². The van der Waals surface area contributed by atoms with Crippen molar-refractivity contribution in [3.8, 4) is 5.75 Å². The number of sulfonamides is 1. The molecule has 2 aromatic carbocycles. The zero-order valence-corrected chi connectivity index (χ0v) is 23.2. The smallest absolute Gasteiger partial charge is 0.243 e. The number of methoxy groups -OCH3 is 1. The molecular formula is C28H32N4O4S2. The molecule has 0 aliphatic carbocycles. The topological polar surface area (TPSA) is 98.8 Å². The second-order valence-corrected chi connectivity index (χ2v) is 13.2. The first kappa shape index (κ1) is 25.5. The summed E-state index contributed by atoms with van der Waals surface area (Å²) in [5.41, 5.74) is 3.43. The zero-order valence-electron chi connectivity index (χ0n) is 21.6. The van der Waals surface area contributed by atoms with Crippen LogP contribution in [0.3, 0.4) is 0 Å². The van der Waals surface area contributed by atoms with E-state index < -0.39 is 16.1 Å². The molecule has 38 heavy (non-hydrogen) atoms. The Morgan fingerprint density at radius 1 is 1.18 bits per heavy atom. The second kappa shape index (κ2) is 9.77. The summed E-state index contributed by atoms with van der Waals surface area (Å²) in [5.74, 6) is 0.730. The summed E-state index contributed by atoms with van der Waals surface area (Å²) in [7, 11) is -2.22. The number of likely N-dealkylation sites (tertiary alicyclic amines) is 1. The van der Waals surface area contributed by atoms with Crippen molar-refractivity contribution in [3.63, 3.8) is 0 Å². The number of aryl methyl sites for hydroxylation is 1. The van der Waals surface area contributed by atoms with Gasteiger partial charge < -0.3 is 14.8 Å². The van der Waals surface area contributed by atoms with E-state index in [1.165, 1.54) is 4.31 Å². The maximum absolute atomic E-state index is 14.1. The van der Waals surface area contributed by atoms with Crippen molar-refractivity contribution in [1.29, 1.82) is 0 Å². The number of aliphatic hydroxyl groups excluding tert-OH is 1. The highest BCUT2D eigenvalue weighted by Crippen LogP contribution is 2.50. The van der Waals surface area contributed by atoms with Crippen LogP contribution in [0.5, 0.6) is 5.75 Å². The number of thiazole rings is 1. The average molecular weight is 553 g/mol. The molecule has 0 amide bonds. The molecule has 4 aromatic rings. The Hall–Kier alpha value is -2.76. The average Bonchev–Trinajstić information content (AvgIpc) is 3.58. The van der Waals surface area contributed by atoms with Crippen LogP contribution in [0.15, 0.2) is 58.9 Å². The van der Waals surface area contributed by atoms with E-state index in [2.05, 4.69) is 20.9 Å². The van der Waals surface area contributed by atoms with Crippen molar-refractivity contribution in [3.05, 3.63) is 75.9 Å². The van der Waals surface area contributed by atoms with Gasteiger partial charge in [0.2, 0.25) is 10.0 Å². The minimum absolute atomic E-state index is 0.249. The van der Waals surface area contributed by atoms with Crippen molar-refractivity contribution < 1.29 is 18.3 Å². The van der Waals surface area contributed by atoms with E-state index in [-0.39, 0.29) is 16.9 Å². The Labute approximate surface area is 226 Å². The maximum atomic E-state index is 14.1. The molecular weight excluding hydrogens is 520 g/mol. The third-order valence-electron chi connectivity index (χ3n) is 8.16. The number of aromatic amines is 1. The lowest BCUT2D eigenvalue weighted by atomic mass is 9.69. The van der Waals surface area contributed by atoms with Crippen LogP contribution in [0.4, 0.5) is 0 Å². The number of fused-ring (bicyclic) bond motifs is 4. The Bertz CT molecular complexity index is 1540. The quantitative estimate of drug-likeness (QED) is 0.372. The van der Waals surface area contributed by atoms with Crippen LogP contribution in [-0.2, 0) is 22.0 Å². The molecule has 1 fully saturated rings. The number of rotatable bonds is 6. The molecule has 2 aromatic heterocycles. The summed E-state index contributed by atoms with van der Waals surface area (Å²) in [5, 5.41) is 14.8. The fourth-order valence-electron chi connectivity index (χ4n) is 6.13. The Morgan fingerprint density at radius 3 is 2.61 bits per heavy atom. The lowest BCUT2D eigenvalue weighted by Crippen LogP contribution is -2.55. The largest absolute Gasteiger partial charge is 0.497 e. The van der Waals surface area contributed by atoms with E-state index in [9.17, 15) is 13.5 Å². The first-order valence-electron chi connectivity index (χ1n) is 12.8. The van der Waals surface area contributed by atoms with Crippen LogP contribution in [-0.4, -0.2) is 66.0 Å². The van der Waals surface area contributed by atoms with Crippen molar-refractivity contribution in [2.45, 2.75) is 42.7 Å². The molecule has 2 N–H and O–H groups in total. The van der Waals surface area contributed by atoms with Gasteiger partial charge in [-0.05, 0) is 62.7 Å². The van der Waals surface area contributed by atoms with Crippen LogP contribution in [0.1, 0.15) is 40.7 Å². The summed E-state index contributed by atoms with van der Waals surface area (Å²) in [6.45, 7) is 4.43. The molecule has 200 valence electrons. The number of hydrogen-bond donors (Lipinski definition) is 2. The van der Waals surface area contributed by atoms with Gasteiger partial charge in [-0.1, -0.05) is 17.7 Å². The number of ether oxygens (including phenoxy) is 1. The zero-order chi connectivity index (χ0) is 26.5. The Balaban J connectivity index is 1.45. The standard InChI is InChI=1S/C28H32N4O4S2/c1-19-3-6-21(7-4-19)38(34,35)32-18-28(9-12-31(13-10-28)16-25-29-11-14-37-25)26-22-8-5-20(36-2)15-23(22)30-27(26)24(32)17-33/h3-8,11,14-15,24,30,33H,9-10,12-13,16-18H2,1-2H3/t24-/m1/s1. The van der Waals surface area contributed by atoms with Crippen molar-refractivity contribution in [2.24, 2.45) is 0 Å². The maximum Gasteiger partial charge on any atom is 0.243 e. The van der Waals surface area contributed by atoms with Gasteiger partial charge in [-0.25, -0.2) is 13.4 Å². The number of aliphatic hydroxyl groups is 1. The molecule has 0 unspecified atom stereocenters. The van der Waals surface area contributed by atoms with Gasteiger partial charge in [-0.15, -0.1) is 11.3 Å². The first-order valence-corrected chi connectivity index (χ1v) is 15.2. The number of benzene rings is 2. The molecule has 4 heterocycles. The highest BCUT2D eigenvalue weighted by atomic mass is 32.2. The summed E-state index contributed by atoms with van der Waals surface area (Å²) in [4.78, 5) is 10.6. The number of nitrogens with one attached hydrogen (secondary N) is 1. The Kier molecular flexibility index (Phi) is 6.56. The summed E-state index contributed by atoms with van der Waals surface area (Å²) in [6, 6.07) is 12.2. The normalized spacial score (nSPS) is 20.1. The minimum Gasteiger partial charge on any atom is -0.497 e. The van der Waals surface area contributed by atoms with Gasteiger partial charge in [0, 0.05) is 46.2 Å². The van der Waals surface area contributed by atoms with Gasteiger partial charge in [0.1, 0.15) is 10.8 Å². The van der Waals surface area contributed by atoms with Crippen LogP contribution in [0.25, 0.3) is 10.9 Å². The van der Waals surface area contributed by atoms with Gasteiger partial charge in [0.05, 0.1) is 31.2 Å².